The summed E-state index contributed by atoms with van der Waals surface area (Å²) < 4.78 is 6.26. The van der Waals surface area contributed by atoms with Crippen LogP contribution in [0, 0.1) is 0 Å². The molecule has 0 N–H and O–H groups in total. The molecule has 0 bridgehead atoms. The van der Waals surface area contributed by atoms with E-state index in [2.05, 4.69) is 217 Å². The fourth-order valence-corrected chi connectivity index (χ4v) is 7.84. The maximum atomic E-state index is 6.26. The molecule has 0 fully saturated rings. The second kappa shape index (κ2) is 14.4. The molecular formula is C54H37NO. The van der Waals surface area contributed by atoms with E-state index in [1.807, 2.05) is 12.1 Å². The standard InChI is InChI=1S/C54H37NO/c1-4-12-38(13-5-1)40-20-28-46(29-21-40)55(47-30-22-41(23-31-47)39-14-6-2-7-15-39)48-32-24-43(25-33-48)49-34-26-44(36-52(49)42-16-8-3-9-17-42)45-27-35-51-50-18-10-11-19-53(50)56-54(51)37-45/h1-37H. The zero-order chi connectivity index (χ0) is 37.3. The minimum atomic E-state index is 0.901. The van der Waals surface area contributed by atoms with Gasteiger partial charge in [0.2, 0.25) is 0 Å². The summed E-state index contributed by atoms with van der Waals surface area (Å²) in [4.78, 5) is 2.34. The molecule has 264 valence electrons. The van der Waals surface area contributed by atoms with Gasteiger partial charge in [0.1, 0.15) is 11.2 Å². The summed E-state index contributed by atoms with van der Waals surface area (Å²) in [6.07, 6.45) is 0. The van der Waals surface area contributed by atoms with Crippen LogP contribution >= 0.6 is 0 Å². The quantitative estimate of drug-likeness (QED) is 0.156. The largest absolute Gasteiger partial charge is 0.456 e. The van der Waals surface area contributed by atoms with Crippen molar-refractivity contribution in [3.05, 3.63) is 224 Å². The Morgan fingerprint density at radius 1 is 0.250 bits per heavy atom. The van der Waals surface area contributed by atoms with E-state index in [4.69, 9.17) is 4.42 Å². The summed E-state index contributed by atoms with van der Waals surface area (Å²) in [5, 5.41) is 2.28. The third kappa shape index (κ3) is 6.34. The molecule has 0 atom stereocenters. The summed E-state index contributed by atoms with van der Waals surface area (Å²) in [6.45, 7) is 0. The van der Waals surface area contributed by atoms with E-state index in [0.29, 0.717) is 0 Å². The smallest absolute Gasteiger partial charge is 0.136 e. The molecule has 1 heterocycles. The Morgan fingerprint density at radius 3 is 1.21 bits per heavy atom. The molecule has 0 radical (unpaired) electrons. The van der Waals surface area contributed by atoms with Gasteiger partial charge >= 0.3 is 0 Å². The van der Waals surface area contributed by atoms with Gasteiger partial charge in [-0.15, -0.1) is 0 Å². The highest BCUT2D eigenvalue weighted by Crippen LogP contribution is 2.41. The second-order valence-corrected chi connectivity index (χ2v) is 14.1. The van der Waals surface area contributed by atoms with Gasteiger partial charge in [-0.05, 0) is 116 Å². The van der Waals surface area contributed by atoms with Crippen molar-refractivity contribution in [2.24, 2.45) is 0 Å². The number of furan rings is 1. The number of benzene rings is 9. The minimum Gasteiger partial charge on any atom is -0.456 e. The minimum absolute atomic E-state index is 0.901. The van der Waals surface area contributed by atoms with E-state index in [9.17, 15) is 0 Å². The molecule has 0 aliphatic rings. The normalized spacial score (nSPS) is 11.2. The number of rotatable bonds is 8. The van der Waals surface area contributed by atoms with E-state index in [-0.39, 0.29) is 0 Å². The fraction of sp³-hybridized carbons (Fsp3) is 0. The first-order valence-corrected chi connectivity index (χ1v) is 19.1. The summed E-state index contributed by atoms with van der Waals surface area (Å²) in [5.41, 5.74) is 16.9. The predicted molar refractivity (Wildman–Crippen MR) is 236 cm³/mol. The van der Waals surface area contributed by atoms with Gasteiger partial charge in [0.15, 0.2) is 0 Å². The van der Waals surface area contributed by atoms with Crippen LogP contribution in [0.1, 0.15) is 0 Å². The van der Waals surface area contributed by atoms with E-state index in [1.54, 1.807) is 0 Å². The second-order valence-electron chi connectivity index (χ2n) is 14.1. The Balaban J connectivity index is 1.03. The maximum absolute atomic E-state index is 6.26. The molecule has 9 aromatic carbocycles. The lowest BCUT2D eigenvalue weighted by Crippen LogP contribution is -2.09. The molecule has 0 aliphatic carbocycles. The number of hydrogen-bond donors (Lipinski definition) is 0. The molecule has 0 saturated carbocycles. The molecule has 0 aliphatic heterocycles. The monoisotopic (exact) mass is 715 g/mol. The van der Waals surface area contributed by atoms with Gasteiger partial charge in [-0.3, -0.25) is 0 Å². The van der Waals surface area contributed by atoms with Crippen molar-refractivity contribution in [1.29, 1.82) is 0 Å². The molecule has 10 aromatic rings. The lowest BCUT2D eigenvalue weighted by atomic mass is 9.91. The Hall–Kier alpha value is -7.42. The number of nitrogens with zero attached hydrogens (tertiary/aromatic N) is 1. The Bertz CT molecular complexity index is 2830. The van der Waals surface area contributed by atoms with E-state index >= 15 is 0 Å². The molecular weight excluding hydrogens is 679 g/mol. The van der Waals surface area contributed by atoms with E-state index in [0.717, 1.165) is 55.7 Å². The molecule has 0 unspecified atom stereocenters. The van der Waals surface area contributed by atoms with Crippen LogP contribution in [-0.4, -0.2) is 0 Å². The molecule has 56 heavy (non-hydrogen) atoms. The lowest BCUT2D eigenvalue weighted by molar-refractivity contribution is 0.669. The van der Waals surface area contributed by atoms with Gasteiger partial charge in [-0.25, -0.2) is 0 Å². The van der Waals surface area contributed by atoms with Crippen LogP contribution < -0.4 is 4.90 Å². The first-order valence-electron chi connectivity index (χ1n) is 19.1. The highest BCUT2D eigenvalue weighted by atomic mass is 16.3. The third-order valence-corrected chi connectivity index (χ3v) is 10.7. The van der Waals surface area contributed by atoms with Gasteiger partial charge in [-0.1, -0.05) is 164 Å². The van der Waals surface area contributed by atoms with E-state index in [1.165, 1.54) is 38.9 Å². The third-order valence-electron chi connectivity index (χ3n) is 10.7. The summed E-state index contributed by atoms with van der Waals surface area (Å²) in [7, 11) is 0. The SMILES string of the molecule is c1ccc(-c2ccc(N(c3ccc(-c4ccccc4)cc3)c3ccc(-c4ccc(-c5ccc6c(c5)oc5ccccc56)cc4-c4ccccc4)cc3)cc2)cc1. The van der Waals surface area contributed by atoms with Crippen molar-refractivity contribution >= 4 is 39.0 Å². The maximum Gasteiger partial charge on any atom is 0.136 e. The molecule has 10 rings (SSSR count). The van der Waals surface area contributed by atoms with Crippen molar-refractivity contribution in [3.63, 3.8) is 0 Å². The molecule has 0 saturated heterocycles. The van der Waals surface area contributed by atoms with Gasteiger partial charge in [0.05, 0.1) is 0 Å². The van der Waals surface area contributed by atoms with Gasteiger partial charge in [0.25, 0.3) is 0 Å². The molecule has 0 amide bonds. The van der Waals surface area contributed by atoms with Crippen LogP contribution in [0.15, 0.2) is 229 Å². The Labute approximate surface area is 327 Å². The highest BCUT2D eigenvalue weighted by molar-refractivity contribution is 6.06. The van der Waals surface area contributed by atoms with E-state index < -0.39 is 0 Å². The zero-order valence-corrected chi connectivity index (χ0v) is 30.7. The average Bonchev–Trinajstić information content (AvgIpc) is 3.66. The van der Waals surface area contributed by atoms with Crippen LogP contribution in [0.5, 0.6) is 0 Å². The van der Waals surface area contributed by atoms with Crippen molar-refractivity contribution in [2.45, 2.75) is 0 Å². The number of para-hydroxylation sites is 1. The van der Waals surface area contributed by atoms with Crippen LogP contribution in [0.2, 0.25) is 0 Å². The van der Waals surface area contributed by atoms with Gasteiger partial charge in [-0.2, -0.15) is 0 Å². The van der Waals surface area contributed by atoms with Crippen molar-refractivity contribution in [2.75, 3.05) is 4.90 Å². The highest BCUT2D eigenvalue weighted by Gasteiger charge is 2.16. The number of anilines is 3. The zero-order valence-electron chi connectivity index (χ0n) is 30.7. The van der Waals surface area contributed by atoms with Gasteiger partial charge < -0.3 is 9.32 Å². The summed E-state index contributed by atoms with van der Waals surface area (Å²) >= 11 is 0. The molecule has 2 heteroatoms. The molecule has 1 aromatic heterocycles. The van der Waals surface area contributed by atoms with Gasteiger partial charge in [0, 0.05) is 27.8 Å². The molecule has 2 nitrogen and oxygen atoms in total. The first-order chi connectivity index (χ1) is 27.7. The average molecular weight is 716 g/mol. The Morgan fingerprint density at radius 2 is 0.643 bits per heavy atom. The molecule has 0 spiro atoms. The lowest BCUT2D eigenvalue weighted by Gasteiger charge is -2.26. The number of fused-ring (bicyclic) bond motifs is 3. The van der Waals surface area contributed by atoms with Crippen LogP contribution in [0.3, 0.4) is 0 Å². The first kappa shape index (κ1) is 33.2. The number of hydrogen-bond acceptors (Lipinski definition) is 2. The topological polar surface area (TPSA) is 16.4 Å². The van der Waals surface area contributed by atoms with Crippen LogP contribution in [-0.2, 0) is 0 Å². The Kier molecular flexibility index (Phi) is 8.55. The summed E-state index contributed by atoms with van der Waals surface area (Å²) in [6, 6.07) is 80.1. The van der Waals surface area contributed by atoms with Crippen molar-refractivity contribution in [1.82, 2.24) is 0 Å². The van der Waals surface area contributed by atoms with Crippen molar-refractivity contribution in [3.8, 4) is 55.6 Å². The van der Waals surface area contributed by atoms with Crippen LogP contribution in [0.25, 0.3) is 77.6 Å². The van der Waals surface area contributed by atoms with Crippen molar-refractivity contribution < 1.29 is 4.42 Å². The van der Waals surface area contributed by atoms with Crippen LogP contribution in [0.4, 0.5) is 17.1 Å². The fourth-order valence-electron chi connectivity index (χ4n) is 7.84. The predicted octanol–water partition coefficient (Wildman–Crippen LogP) is 15.4. The summed E-state index contributed by atoms with van der Waals surface area (Å²) in [5.74, 6) is 0.